The number of nitrogens with one attached hydrogen (secondary N) is 1. The summed E-state index contributed by atoms with van der Waals surface area (Å²) in [5.41, 5.74) is 0. The SMILES string of the molecule is CCCNC1CCCN(C(C)C2CCCO2)C1=O. The smallest absolute Gasteiger partial charge is 0.240 e. The fourth-order valence-electron chi connectivity index (χ4n) is 3.00. The molecule has 0 spiro atoms. The van der Waals surface area contributed by atoms with Crippen LogP contribution < -0.4 is 5.32 Å². The topological polar surface area (TPSA) is 41.6 Å². The van der Waals surface area contributed by atoms with Crippen molar-refractivity contribution in [2.75, 3.05) is 19.7 Å². The second kappa shape index (κ2) is 6.53. The summed E-state index contributed by atoms with van der Waals surface area (Å²) in [6, 6.07) is 0.258. The van der Waals surface area contributed by atoms with Crippen molar-refractivity contribution in [3.8, 4) is 0 Å². The van der Waals surface area contributed by atoms with Crippen LogP contribution in [0.1, 0.15) is 46.0 Å². The molecule has 18 heavy (non-hydrogen) atoms. The maximum Gasteiger partial charge on any atom is 0.240 e. The molecule has 0 aromatic carbocycles. The zero-order valence-electron chi connectivity index (χ0n) is 11.7. The van der Waals surface area contributed by atoms with Gasteiger partial charge in [-0.1, -0.05) is 6.92 Å². The van der Waals surface area contributed by atoms with Gasteiger partial charge in [0, 0.05) is 13.2 Å². The molecule has 0 radical (unpaired) electrons. The zero-order valence-corrected chi connectivity index (χ0v) is 11.7. The maximum atomic E-state index is 12.4. The first-order valence-electron chi connectivity index (χ1n) is 7.39. The Hall–Kier alpha value is -0.610. The molecule has 3 atom stereocenters. The first-order valence-corrected chi connectivity index (χ1v) is 7.39. The summed E-state index contributed by atoms with van der Waals surface area (Å²) < 4.78 is 5.72. The van der Waals surface area contributed by atoms with E-state index in [0.717, 1.165) is 51.8 Å². The third-order valence-electron chi connectivity index (χ3n) is 4.11. The van der Waals surface area contributed by atoms with Crippen LogP contribution in [0, 0.1) is 0 Å². The molecule has 3 unspecified atom stereocenters. The fraction of sp³-hybridized carbons (Fsp3) is 0.929. The van der Waals surface area contributed by atoms with Crippen LogP contribution in [-0.4, -0.2) is 48.7 Å². The lowest BCUT2D eigenvalue weighted by Gasteiger charge is -2.38. The molecular formula is C14H26N2O2. The summed E-state index contributed by atoms with van der Waals surface area (Å²) in [6.45, 7) is 6.94. The highest BCUT2D eigenvalue weighted by Gasteiger charge is 2.35. The summed E-state index contributed by atoms with van der Waals surface area (Å²) in [4.78, 5) is 14.5. The molecule has 0 saturated carbocycles. The van der Waals surface area contributed by atoms with Gasteiger partial charge in [0.25, 0.3) is 0 Å². The molecular weight excluding hydrogens is 228 g/mol. The molecule has 2 aliphatic heterocycles. The molecule has 1 N–H and O–H groups in total. The summed E-state index contributed by atoms with van der Waals surface area (Å²) in [6.07, 6.45) is 5.63. The van der Waals surface area contributed by atoms with Crippen LogP contribution in [0.25, 0.3) is 0 Å². The molecule has 2 saturated heterocycles. The van der Waals surface area contributed by atoms with Crippen molar-refractivity contribution in [2.45, 2.75) is 64.1 Å². The molecule has 4 nitrogen and oxygen atoms in total. The molecule has 4 heteroatoms. The van der Waals surface area contributed by atoms with E-state index >= 15 is 0 Å². The Morgan fingerprint density at radius 1 is 1.44 bits per heavy atom. The third-order valence-corrected chi connectivity index (χ3v) is 4.11. The molecule has 2 fully saturated rings. The van der Waals surface area contributed by atoms with Gasteiger partial charge in [-0.05, 0) is 45.6 Å². The quantitative estimate of drug-likeness (QED) is 0.809. The van der Waals surface area contributed by atoms with Gasteiger partial charge in [0.15, 0.2) is 0 Å². The fourth-order valence-corrected chi connectivity index (χ4v) is 3.00. The molecule has 1 amide bonds. The van der Waals surface area contributed by atoms with Gasteiger partial charge in [-0.15, -0.1) is 0 Å². The van der Waals surface area contributed by atoms with Crippen molar-refractivity contribution in [3.63, 3.8) is 0 Å². The van der Waals surface area contributed by atoms with Crippen molar-refractivity contribution in [3.05, 3.63) is 0 Å². The Labute approximate surface area is 110 Å². The monoisotopic (exact) mass is 254 g/mol. The van der Waals surface area contributed by atoms with Crippen LogP contribution in [0.2, 0.25) is 0 Å². The number of carbonyl (C=O) groups excluding carboxylic acids is 1. The van der Waals surface area contributed by atoms with Gasteiger partial charge >= 0.3 is 0 Å². The number of ether oxygens (including phenoxy) is 1. The van der Waals surface area contributed by atoms with E-state index in [-0.39, 0.29) is 24.1 Å². The summed E-state index contributed by atoms with van der Waals surface area (Å²) >= 11 is 0. The summed E-state index contributed by atoms with van der Waals surface area (Å²) in [5, 5.41) is 3.36. The molecule has 0 aromatic rings. The normalized spacial score (nSPS) is 30.8. The van der Waals surface area contributed by atoms with Crippen molar-refractivity contribution in [1.82, 2.24) is 10.2 Å². The minimum absolute atomic E-state index is 0.0301. The summed E-state index contributed by atoms with van der Waals surface area (Å²) in [7, 11) is 0. The van der Waals surface area contributed by atoms with Crippen molar-refractivity contribution < 1.29 is 9.53 Å². The van der Waals surface area contributed by atoms with Gasteiger partial charge in [-0.2, -0.15) is 0 Å². The highest BCUT2D eigenvalue weighted by molar-refractivity contribution is 5.83. The standard InChI is InChI=1S/C14H26N2O2/c1-3-8-15-12-6-4-9-16(14(12)17)11(2)13-7-5-10-18-13/h11-13,15H,3-10H2,1-2H3. The van der Waals surface area contributed by atoms with Gasteiger partial charge in [-0.3, -0.25) is 4.79 Å². The van der Waals surface area contributed by atoms with Gasteiger partial charge < -0.3 is 15.0 Å². The van der Waals surface area contributed by atoms with Crippen molar-refractivity contribution in [1.29, 1.82) is 0 Å². The van der Waals surface area contributed by atoms with E-state index in [9.17, 15) is 4.79 Å². The van der Waals surface area contributed by atoms with Crippen LogP contribution in [0.4, 0.5) is 0 Å². The maximum absolute atomic E-state index is 12.4. The van der Waals surface area contributed by atoms with E-state index in [1.54, 1.807) is 0 Å². The first-order chi connectivity index (χ1) is 8.74. The van der Waals surface area contributed by atoms with Crippen LogP contribution in [0.15, 0.2) is 0 Å². The highest BCUT2D eigenvalue weighted by Crippen LogP contribution is 2.23. The van der Waals surface area contributed by atoms with Crippen LogP contribution in [-0.2, 0) is 9.53 Å². The minimum atomic E-state index is 0.0301. The van der Waals surface area contributed by atoms with Gasteiger partial charge in [-0.25, -0.2) is 0 Å². The second-order valence-electron chi connectivity index (χ2n) is 5.47. The van der Waals surface area contributed by atoms with E-state index in [0.29, 0.717) is 0 Å². The Morgan fingerprint density at radius 3 is 2.94 bits per heavy atom. The highest BCUT2D eigenvalue weighted by atomic mass is 16.5. The zero-order chi connectivity index (χ0) is 13.0. The number of hydrogen-bond acceptors (Lipinski definition) is 3. The van der Waals surface area contributed by atoms with E-state index in [2.05, 4.69) is 19.2 Å². The number of carbonyl (C=O) groups is 1. The molecule has 0 aromatic heterocycles. The Balaban J connectivity index is 1.92. The lowest BCUT2D eigenvalue weighted by Crippen LogP contribution is -2.56. The number of hydrogen-bond donors (Lipinski definition) is 1. The van der Waals surface area contributed by atoms with E-state index < -0.39 is 0 Å². The van der Waals surface area contributed by atoms with Crippen LogP contribution >= 0.6 is 0 Å². The number of amides is 1. The molecule has 2 aliphatic rings. The van der Waals surface area contributed by atoms with E-state index in [1.165, 1.54) is 0 Å². The average molecular weight is 254 g/mol. The first kappa shape index (κ1) is 13.8. The lowest BCUT2D eigenvalue weighted by molar-refractivity contribution is -0.141. The average Bonchev–Trinajstić information content (AvgIpc) is 2.91. The van der Waals surface area contributed by atoms with E-state index in [4.69, 9.17) is 4.74 Å². The number of rotatable bonds is 5. The van der Waals surface area contributed by atoms with Gasteiger partial charge in [0.1, 0.15) is 0 Å². The molecule has 104 valence electrons. The number of piperidine rings is 1. The number of nitrogens with zero attached hydrogens (tertiary/aromatic N) is 1. The van der Waals surface area contributed by atoms with Crippen LogP contribution in [0.5, 0.6) is 0 Å². The summed E-state index contributed by atoms with van der Waals surface area (Å²) in [5.74, 6) is 0.276. The molecule has 0 bridgehead atoms. The Kier molecular flexibility index (Phi) is 5.01. The number of likely N-dealkylation sites (tertiary alicyclic amines) is 1. The minimum Gasteiger partial charge on any atom is -0.376 e. The lowest BCUT2D eigenvalue weighted by atomic mass is 10.00. The van der Waals surface area contributed by atoms with Crippen molar-refractivity contribution in [2.24, 2.45) is 0 Å². The third kappa shape index (κ3) is 3.04. The Bertz CT molecular complexity index is 277. The van der Waals surface area contributed by atoms with E-state index in [1.807, 2.05) is 4.90 Å². The predicted octanol–water partition coefficient (Wildman–Crippen LogP) is 1.54. The molecule has 0 aliphatic carbocycles. The van der Waals surface area contributed by atoms with Crippen LogP contribution in [0.3, 0.4) is 0 Å². The molecule has 2 rings (SSSR count). The van der Waals surface area contributed by atoms with Gasteiger partial charge in [0.05, 0.1) is 18.2 Å². The van der Waals surface area contributed by atoms with Crippen molar-refractivity contribution >= 4 is 5.91 Å². The molecule has 2 heterocycles. The second-order valence-corrected chi connectivity index (χ2v) is 5.47. The van der Waals surface area contributed by atoms with Gasteiger partial charge in [0.2, 0.25) is 5.91 Å². The largest absolute Gasteiger partial charge is 0.376 e. The Morgan fingerprint density at radius 2 is 2.28 bits per heavy atom. The predicted molar refractivity (Wildman–Crippen MR) is 71.5 cm³/mol.